The third kappa shape index (κ3) is 11.5. The molecule has 1 radical (unpaired) electrons. The van der Waals surface area contributed by atoms with Gasteiger partial charge in [0.25, 0.3) is 0 Å². The van der Waals surface area contributed by atoms with Crippen molar-refractivity contribution in [3.63, 3.8) is 0 Å². The standard InChI is InChI=1S/C27H21NO.C20H27NSi.C17H19N.Ir/c1-2-8-18(9-3-1)20-12-7-15-24-25(20)22-13-6-14-23(27(22)29-24)26-21-11-5-4-10-19(21)16-17-28-26;1-22(2,3)20-15-21-19(17-11-5-4-6-12-17)14-18(20)13-16-9-7-8-10-16;1-2-8-16(9-3-1)17-13-15(10-11-18-17)12-14-6-4-5-7-14;/h1-3,6-9,12-17H,4-5,10-11H2;4-6,11-12,14-16H,7-10,13H2,1-3H3;1-3,8-11,13-14H,4-7,12H2;. The molecule has 4 heterocycles. The fourth-order valence-electron chi connectivity index (χ4n) is 11.3. The Morgan fingerprint density at radius 1 is 0.529 bits per heavy atom. The molecule has 2 saturated carbocycles. The van der Waals surface area contributed by atoms with Gasteiger partial charge in [-0.2, -0.15) is 0 Å². The van der Waals surface area contributed by atoms with Crippen LogP contribution >= 0.6 is 0 Å². The quantitative estimate of drug-likeness (QED) is 0.135. The van der Waals surface area contributed by atoms with Gasteiger partial charge in [0.05, 0.1) is 25.2 Å². The summed E-state index contributed by atoms with van der Waals surface area (Å²) in [6.45, 7) is 7.30. The molecule has 3 aliphatic rings. The Hall–Kier alpha value is -5.78. The normalized spacial score (nSPS) is 14.8. The van der Waals surface area contributed by atoms with Gasteiger partial charge in [-0.3, -0.25) is 15.0 Å². The fraction of sp³-hybridized carbons (Fsp3) is 0.297. The molecular formula is C64H67IrN3OSi. The van der Waals surface area contributed by atoms with Crippen molar-refractivity contribution in [2.24, 2.45) is 11.8 Å². The summed E-state index contributed by atoms with van der Waals surface area (Å²) in [7, 11) is -1.34. The molecule has 0 atom stereocenters. The summed E-state index contributed by atoms with van der Waals surface area (Å²) >= 11 is 0. The monoisotopic (exact) mass is 1110 g/mol. The van der Waals surface area contributed by atoms with E-state index < -0.39 is 8.07 Å². The molecule has 6 heteroatoms. The van der Waals surface area contributed by atoms with Gasteiger partial charge in [0, 0.05) is 66.2 Å². The van der Waals surface area contributed by atoms with Crippen molar-refractivity contribution in [2.45, 2.75) is 110 Å². The summed E-state index contributed by atoms with van der Waals surface area (Å²) in [6, 6.07) is 53.4. The number of aryl methyl sites for hydroxylation is 1. The zero-order valence-corrected chi connectivity index (χ0v) is 44.7. The Balaban J connectivity index is 0.000000134. The Morgan fingerprint density at radius 3 is 1.79 bits per heavy atom. The van der Waals surface area contributed by atoms with E-state index in [0.717, 1.165) is 63.9 Å². The molecule has 357 valence electrons. The summed E-state index contributed by atoms with van der Waals surface area (Å²) in [5, 5.41) is 3.89. The van der Waals surface area contributed by atoms with Crippen LogP contribution in [0.3, 0.4) is 0 Å². The first-order valence-electron chi connectivity index (χ1n) is 25.9. The number of pyridine rings is 3. The van der Waals surface area contributed by atoms with Gasteiger partial charge in [-0.05, 0) is 125 Å². The van der Waals surface area contributed by atoms with Crippen molar-refractivity contribution in [3.8, 4) is 44.9 Å². The maximum Gasteiger partial charge on any atom is 0.144 e. The maximum absolute atomic E-state index is 6.45. The second-order valence-corrected chi connectivity index (χ2v) is 25.8. The van der Waals surface area contributed by atoms with Crippen LogP contribution in [0.5, 0.6) is 0 Å². The van der Waals surface area contributed by atoms with Crippen LogP contribution in [0.15, 0.2) is 175 Å². The van der Waals surface area contributed by atoms with E-state index in [-0.39, 0.29) is 20.1 Å². The SMILES string of the molecule is C[Si](C)(C)c1cnc(-c2ccccc2)cc1CC1CCCC1.[Ir].c1ccc(-c2cc(CC3CCCC3)ccn2)cc1.c1ccc(-c2cccc3oc4c(-c5nccc6c5CCCC6)cccc4c23)cc1. The van der Waals surface area contributed by atoms with Crippen molar-refractivity contribution in [1.82, 2.24) is 15.0 Å². The van der Waals surface area contributed by atoms with E-state index in [9.17, 15) is 0 Å². The molecule has 0 spiro atoms. The second kappa shape index (κ2) is 23.0. The predicted octanol–water partition coefficient (Wildman–Crippen LogP) is 16.7. The first-order chi connectivity index (χ1) is 33.9. The molecule has 70 heavy (non-hydrogen) atoms. The molecule has 0 saturated heterocycles. The molecule has 4 aromatic heterocycles. The molecule has 5 aromatic carbocycles. The Kier molecular flexibility index (Phi) is 16.1. The molecule has 0 aliphatic heterocycles. The second-order valence-electron chi connectivity index (χ2n) is 20.8. The summed E-state index contributed by atoms with van der Waals surface area (Å²) < 4.78 is 6.45. The van der Waals surface area contributed by atoms with Crippen molar-refractivity contribution in [3.05, 3.63) is 193 Å². The Labute approximate surface area is 430 Å². The molecule has 3 aliphatic carbocycles. The molecule has 12 rings (SSSR count). The third-order valence-electron chi connectivity index (χ3n) is 14.9. The number of nitrogens with zero attached hydrogens (tertiary/aromatic N) is 3. The molecular weight excluding hydrogens is 1050 g/mol. The Morgan fingerprint density at radius 2 is 1.11 bits per heavy atom. The van der Waals surface area contributed by atoms with Gasteiger partial charge in [0.15, 0.2) is 0 Å². The maximum atomic E-state index is 6.45. The largest absolute Gasteiger partial charge is 0.455 e. The zero-order valence-electron chi connectivity index (χ0n) is 41.3. The van der Waals surface area contributed by atoms with Crippen LogP contribution in [0.4, 0.5) is 0 Å². The van der Waals surface area contributed by atoms with Crippen LogP contribution in [-0.4, -0.2) is 23.0 Å². The average Bonchev–Trinajstić information content (AvgIpc) is 4.20. The fourth-order valence-corrected chi connectivity index (χ4v) is 12.9. The van der Waals surface area contributed by atoms with Crippen molar-refractivity contribution >= 4 is 35.2 Å². The predicted molar refractivity (Wildman–Crippen MR) is 293 cm³/mol. The van der Waals surface area contributed by atoms with Gasteiger partial charge < -0.3 is 4.42 Å². The molecule has 2 fully saturated rings. The molecule has 0 N–H and O–H groups in total. The first-order valence-corrected chi connectivity index (χ1v) is 29.4. The van der Waals surface area contributed by atoms with Crippen LogP contribution < -0.4 is 5.19 Å². The number of hydrogen-bond donors (Lipinski definition) is 0. The number of aromatic nitrogens is 3. The molecule has 4 nitrogen and oxygen atoms in total. The number of benzene rings is 5. The van der Waals surface area contributed by atoms with E-state index in [1.54, 1.807) is 10.8 Å². The van der Waals surface area contributed by atoms with E-state index in [4.69, 9.17) is 14.4 Å². The number of hydrogen-bond acceptors (Lipinski definition) is 4. The smallest absolute Gasteiger partial charge is 0.144 e. The van der Waals surface area contributed by atoms with Gasteiger partial charge in [-0.25, -0.2) is 0 Å². The number of para-hydroxylation sites is 1. The van der Waals surface area contributed by atoms with Gasteiger partial charge in [-0.1, -0.05) is 186 Å². The van der Waals surface area contributed by atoms with Crippen molar-refractivity contribution < 1.29 is 24.5 Å². The van der Waals surface area contributed by atoms with Crippen LogP contribution in [-0.2, 0) is 45.8 Å². The van der Waals surface area contributed by atoms with Crippen LogP contribution in [0.1, 0.15) is 86.5 Å². The average molecular weight is 1110 g/mol. The molecule has 0 bridgehead atoms. The van der Waals surface area contributed by atoms with E-state index >= 15 is 0 Å². The van der Waals surface area contributed by atoms with Gasteiger partial charge in [0.1, 0.15) is 11.2 Å². The number of rotatable bonds is 9. The van der Waals surface area contributed by atoms with Crippen molar-refractivity contribution in [1.29, 1.82) is 0 Å². The summed E-state index contributed by atoms with van der Waals surface area (Å²) in [6.07, 6.45) is 24.6. The van der Waals surface area contributed by atoms with E-state index in [2.05, 4.69) is 176 Å². The minimum atomic E-state index is -1.34. The first kappa shape index (κ1) is 49.2. The van der Waals surface area contributed by atoms with E-state index in [1.165, 1.54) is 121 Å². The number of fused-ring (bicyclic) bond motifs is 4. The molecule has 0 amide bonds. The number of furan rings is 1. The van der Waals surface area contributed by atoms with Gasteiger partial charge in [-0.15, -0.1) is 0 Å². The summed E-state index contributed by atoms with van der Waals surface area (Å²) in [5.74, 6) is 1.79. The van der Waals surface area contributed by atoms with Crippen molar-refractivity contribution in [2.75, 3.05) is 0 Å². The van der Waals surface area contributed by atoms with Gasteiger partial charge in [0.2, 0.25) is 0 Å². The van der Waals surface area contributed by atoms with Crippen LogP contribution in [0.2, 0.25) is 19.6 Å². The zero-order chi connectivity index (χ0) is 47.0. The minimum absolute atomic E-state index is 0. The Bertz CT molecular complexity index is 3110. The third-order valence-corrected chi connectivity index (χ3v) is 16.9. The van der Waals surface area contributed by atoms with E-state index in [1.807, 2.05) is 18.5 Å². The van der Waals surface area contributed by atoms with E-state index in [0.29, 0.717) is 0 Å². The minimum Gasteiger partial charge on any atom is -0.455 e. The van der Waals surface area contributed by atoms with Gasteiger partial charge >= 0.3 is 0 Å². The molecule has 0 unspecified atom stereocenters. The van der Waals surface area contributed by atoms with Crippen LogP contribution in [0.25, 0.3) is 66.8 Å². The van der Waals surface area contributed by atoms with Crippen LogP contribution in [0, 0.1) is 11.8 Å². The molecule has 9 aromatic rings. The summed E-state index contributed by atoms with van der Waals surface area (Å²) in [4.78, 5) is 14.1. The summed E-state index contributed by atoms with van der Waals surface area (Å²) in [5.41, 5.74) is 17.0. The topological polar surface area (TPSA) is 51.8 Å².